The fourth-order valence-corrected chi connectivity index (χ4v) is 2.28. The summed E-state index contributed by atoms with van der Waals surface area (Å²) in [7, 11) is 0. The molecule has 0 unspecified atom stereocenters. The molecule has 0 saturated heterocycles. The molecule has 0 bridgehead atoms. The first-order valence-corrected chi connectivity index (χ1v) is 5.87. The van der Waals surface area contributed by atoms with Crippen LogP contribution in [0.15, 0.2) is 16.5 Å². The number of aryl methyl sites for hydroxylation is 1. The third kappa shape index (κ3) is 1.56. The van der Waals surface area contributed by atoms with Gasteiger partial charge < -0.3 is 19.6 Å². The van der Waals surface area contributed by atoms with Crippen LogP contribution in [0.25, 0.3) is 11.0 Å². The molecular weight excluding hydrogens is 218 g/mol. The molecule has 0 radical (unpaired) electrons. The Hall–Kier alpha value is -1.68. The molecule has 1 aromatic carbocycles. The van der Waals surface area contributed by atoms with Crippen molar-refractivity contribution in [1.82, 2.24) is 0 Å². The van der Waals surface area contributed by atoms with Crippen molar-refractivity contribution in [2.75, 3.05) is 6.79 Å². The molecule has 4 heteroatoms. The monoisotopic (exact) mass is 233 g/mol. The van der Waals surface area contributed by atoms with Crippen molar-refractivity contribution in [1.29, 1.82) is 0 Å². The van der Waals surface area contributed by atoms with Crippen molar-refractivity contribution in [3.8, 4) is 11.5 Å². The molecule has 2 heterocycles. The summed E-state index contributed by atoms with van der Waals surface area (Å²) in [5.74, 6) is 2.41. The second kappa shape index (κ2) is 3.96. The summed E-state index contributed by atoms with van der Waals surface area (Å²) in [6.07, 6.45) is 2.04. The molecule has 4 nitrogen and oxygen atoms in total. The lowest BCUT2D eigenvalue weighted by Crippen LogP contribution is -1.98. The first-order chi connectivity index (χ1) is 8.33. The molecule has 0 saturated carbocycles. The Bertz CT molecular complexity index is 559. The van der Waals surface area contributed by atoms with E-state index < -0.39 is 0 Å². The number of fused-ring (bicyclic) bond motifs is 2. The fourth-order valence-electron chi connectivity index (χ4n) is 2.28. The quantitative estimate of drug-likeness (QED) is 0.885. The standard InChI is InChI=1S/C13H15NO3/c1-2-3-8-9-4-11-12(16-7-15-11)5-10(9)17-13(8)6-14/h4-5H,2-3,6-7,14H2,1H3. The molecular formula is C13H15NO3. The molecule has 0 aliphatic carbocycles. The Morgan fingerprint density at radius 3 is 2.71 bits per heavy atom. The summed E-state index contributed by atoms with van der Waals surface area (Å²) in [5.41, 5.74) is 7.74. The van der Waals surface area contributed by atoms with Crippen molar-refractivity contribution in [2.24, 2.45) is 5.73 Å². The maximum Gasteiger partial charge on any atom is 0.231 e. The number of nitrogens with two attached hydrogens (primary N) is 1. The van der Waals surface area contributed by atoms with Gasteiger partial charge in [0.15, 0.2) is 11.5 Å². The third-order valence-corrected chi connectivity index (χ3v) is 3.06. The number of benzene rings is 1. The smallest absolute Gasteiger partial charge is 0.231 e. The van der Waals surface area contributed by atoms with E-state index in [-0.39, 0.29) is 6.79 Å². The van der Waals surface area contributed by atoms with E-state index in [2.05, 4.69) is 6.92 Å². The molecule has 1 aromatic heterocycles. The van der Waals surface area contributed by atoms with E-state index in [4.69, 9.17) is 19.6 Å². The molecule has 2 N–H and O–H groups in total. The van der Waals surface area contributed by atoms with Gasteiger partial charge in [0.1, 0.15) is 11.3 Å². The lowest BCUT2D eigenvalue weighted by molar-refractivity contribution is 0.174. The molecule has 0 fully saturated rings. The van der Waals surface area contributed by atoms with Gasteiger partial charge in [-0.1, -0.05) is 13.3 Å². The van der Waals surface area contributed by atoms with Gasteiger partial charge in [-0.2, -0.15) is 0 Å². The van der Waals surface area contributed by atoms with Crippen LogP contribution in [0.5, 0.6) is 11.5 Å². The minimum Gasteiger partial charge on any atom is -0.459 e. The molecule has 1 aliphatic rings. The number of hydrogen-bond acceptors (Lipinski definition) is 4. The highest BCUT2D eigenvalue weighted by Crippen LogP contribution is 2.39. The number of rotatable bonds is 3. The Kier molecular flexibility index (Phi) is 2.44. The Labute approximate surface area is 99.3 Å². The summed E-state index contributed by atoms with van der Waals surface area (Å²) < 4.78 is 16.5. The zero-order chi connectivity index (χ0) is 11.8. The summed E-state index contributed by atoms with van der Waals surface area (Å²) in [6, 6.07) is 3.88. The van der Waals surface area contributed by atoms with Crippen LogP contribution in [0.3, 0.4) is 0 Å². The zero-order valence-electron chi connectivity index (χ0n) is 9.79. The Balaban J connectivity index is 2.21. The maximum absolute atomic E-state index is 5.77. The van der Waals surface area contributed by atoms with E-state index in [1.54, 1.807) is 0 Å². The van der Waals surface area contributed by atoms with Crippen molar-refractivity contribution >= 4 is 11.0 Å². The van der Waals surface area contributed by atoms with Crippen LogP contribution in [0, 0.1) is 0 Å². The van der Waals surface area contributed by atoms with Crippen LogP contribution in [0.2, 0.25) is 0 Å². The van der Waals surface area contributed by atoms with Gasteiger partial charge in [-0.3, -0.25) is 0 Å². The zero-order valence-corrected chi connectivity index (χ0v) is 9.79. The highest BCUT2D eigenvalue weighted by Gasteiger charge is 2.19. The molecule has 1 aliphatic heterocycles. The predicted molar refractivity (Wildman–Crippen MR) is 64.2 cm³/mol. The van der Waals surface area contributed by atoms with Gasteiger partial charge >= 0.3 is 0 Å². The topological polar surface area (TPSA) is 57.6 Å². The van der Waals surface area contributed by atoms with Gasteiger partial charge in [0, 0.05) is 17.0 Å². The predicted octanol–water partition coefficient (Wildman–Crippen LogP) is 2.57. The van der Waals surface area contributed by atoms with Crippen molar-refractivity contribution in [3.63, 3.8) is 0 Å². The van der Waals surface area contributed by atoms with E-state index in [1.165, 1.54) is 5.56 Å². The van der Waals surface area contributed by atoms with Gasteiger partial charge in [-0.25, -0.2) is 0 Å². The molecule has 0 amide bonds. The van der Waals surface area contributed by atoms with Crippen LogP contribution in [-0.2, 0) is 13.0 Å². The normalized spacial score (nSPS) is 13.5. The largest absolute Gasteiger partial charge is 0.459 e. The Morgan fingerprint density at radius 1 is 1.24 bits per heavy atom. The second-order valence-corrected chi connectivity index (χ2v) is 4.16. The van der Waals surface area contributed by atoms with Crippen LogP contribution in [0.4, 0.5) is 0 Å². The fraction of sp³-hybridized carbons (Fsp3) is 0.385. The molecule has 3 rings (SSSR count). The van der Waals surface area contributed by atoms with E-state index in [1.807, 2.05) is 12.1 Å². The number of furan rings is 1. The van der Waals surface area contributed by atoms with E-state index in [9.17, 15) is 0 Å². The minimum absolute atomic E-state index is 0.287. The highest BCUT2D eigenvalue weighted by atomic mass is 16.7. The molecule has 2 aromatic rings. The van der Waals surface area contributed by atoms with Crippen molar-refractivity contribution < 1.29 is 13.9 Å². The third-order valence-electron chi connectivity index (χ3n) is 3.06. The van der Waals surface area contributed by atoms with E-state index in [0.717, 1.165) is 41.1 Å². The number of hydrogen-bond donors (Lipinski definition) is 1. The van der Waals surface area contributed by atoms with Gasteiger partial charge in [-0.15, -0.1) is 0 Å². The summed E-state index contributed by atoms with van der Waals surface area (Å²) in [4.78, 5) is 0. The Morgan fingerprint density at radius 2 is 2.00 bits per heavy atom. The van der Waals surface area contributed by atoms with Crippen LogP contribution in [-0.4, -0.2) is 6.79 Å². The lowest BCUT2D eigenvalue weighted by atomic mass is 10.1. The lowest BCUT2D eigenvalue weighted by Gasteiger charge is -1.99. The summed E-state index contributed by atoms with van der Waals surface area (Å²) >= 11 is 0. The average molecular weight is 233 g/mol. The molecule has 0 spiro atoms. The minimum atomic E-state index is 0.287. The van der Waals surface area contributed by atoms with Gasteiger partial charge in [0.2, 0.25) is 6.79 Å². The maximum atomic E-state index is 5.77. The van der Waals surface area contributed by atoms with Crippen LogP contribution >= 0.6 is 0 Å². The first-order valence-electron chi connectivity index (χ1n) is 5.87. The summed E-state index contributed by atoms with van der Waals surface area (Å²) in [6.45, 7) is 2.86. The molecule has 17 heavy (non-hydrogen) atoms. The van der Waals surface area contributed by atoms with Crippen molar-refractivity contribution in [2.45, 2.75) is 26.3 Å². The summed E-state index contributed by atoms with van der Waals surface area (Å²) in [5, 5.41) is 1.09. The van der Waals surface area contributed by atoms with Crippen molar-refractivity contribution in [3.05, 3.63) is 23.5 Å². The molecule has 0 atom stereocenters. The highest BCUT2D eigenvalue weighted by molar-refractivity contribution is 5.86. The van der Waals surface area contributed by atoms with E-state index >= 15 is 0 Å². The first kappa shape index (κ1) is 10.5. The van der Waals surface area contributed by atoms with Gasteiger partial charge in [0.25, 0.3) is 0 Å². The SMILES string of the molecule is CCCc1c(CN)oc2cc3c(cc12)OCO3. The van der Waals surface area contributed by atoms with E-state index in [0.29, 0.717) is 6.54 Å². The van der Waals surface area contributed by atoms with Gasteiger partial charge in [0.05, 0.1) is 6.54 Å². The molecule has 90 valence electrons. The number of ether oxygens (including phenoxy) is 2. The van der Waals surface area contributed by atoms with Gasteiger partial charge in [-0.05, 0) is 12.5 Å². The second-order valence-electron chi connectivity index (χ2n) is 4.16. The van der Waals surface area contributed by atoms with Crippen LogP contribution < -0.4 is 15.2 Å². The van der Waals surface area contributed by atoms with Crippen LogP contribution in [0.1, 0.15) is 24.7 Å². The average Bonchev–Trinajstić information content (AvgIpc) is 2.91.